The van der Waals surface area contributed by atoms with Gasteiger partial charge in [-0.1, -0.05) is 0 Å². The van der Waals surface area contributed by atoms with E-state index in [-0.39, 0.29) is 18.3 Å². The summed E-state index contributed by atoms with van der Waals surface area (Å²) in [6, 6.07) is 0. The van der Waals surface area contributed by atoms with E-state index in [4.69, 9.17) is 4.74 Å². The topological polar surface area (TPSA) is 45.6 Å². The van der Waals surface area contributed by atoms with E-state index in [0.717, 1.165) is 16.3 Å². The van der Waals surface area contributed by atoms with Crippen molar-refractivity contribution in [2.75, 3.05) is 24.6 Å². The lowest BCUT2D eigenvalue weighted by Crippen LogP contribution is -2.54. The highest BCUT2D eigenvalue weighted by Gasteiger charge is 2.34. The number of nitrogens with zero attached hydrogens (tertiary/aromatic N) is 2. The van der Waals surface area contributed by atoms with Crippen molar-refractivity contribution in [2.24, 2.45) is 0 Å². The second kappa shape index (κ2) is 4.60. The van der Waals surface area contributed by atoms with E-state index in [1.807, 2.05) is 19.2 Å². The van der Waals surface area contributed by atoms with Crippen LogP contribution in [0.25, 0.3) is 0 Å². The van der Waals surface area contributed by atoms with Gasteiger partial charge in [-0.2, -0.15) is 0 Å². The summed E-state index contributed by atoms with van der Waals surface area (Å²) in [7, 11) is 0. The zero-order chi connectivity index (χ0) is 11.8. The number of halogens is 1. The lowest BCUT2D eigenvalue weighted by atomic mass is 10.1. The molecule has 0 spiro atoms. The molecular weight excluding hydrogens is 292 g/mol. The largest absolute Gasteiger partial charge is 0.394 e. The molecule has 2 heterocycles. The molecule has 0 aliphatic carbocycles. The Morgan fingerprint density at radius 1 is 1.75 bits per heavy atom. The Labute approximate surface area is 107 Å². The summed E-state index contributed by atoms with van der Waals surface area (Å²) in [6.45, 7) is 5.60. The van der Waals surface area contributed by atoms with Crippen LogP contribution in [0.5, 0.6) is 0 Å². The summed E-state index contributed by atoms with van der Waals surface area (Å²) >= 11 is 4.95. The van der Waals surface area contributed by atoms with Crippen LogP contribution in [0.3, 0.4) is 0 Å². The molecule has 90 valence electrons. The molecule has 1 fully saturated rings. The first-order valence-corrected chi connectivity index (χ1v) is 6.82. The first-order chi connectivity index (χ1) is 7.50. The second-order valence-electron chi connectivity index (χ2n) is 4.52. The molecule has 0 radical (unpaired) electrons. The van der Waals surface area contributed by atoms with Crippen molar-refractivity contribution in [3.8, 4) is 0 Å². The van der Waals surface area contributed by atoms with Crippen molar-refractivity contribution < 1.29 is 9.84 Å². The molecule has 1 aromatic heterocycles. The van der Waals surface area contributed by atoms with E-state index in [1.54, 1.807) is 11.3 Å². The Kier molecular flexibility index (Phi) is 3.53. The van der Waals surface area contributed by atoms with E-state index < -0.39 is 0 Å². The molecule has 0 saturated carbocycles. The van der Waals surface area contributed by atoms with Crippen LogP contribution in [0.1, 0.15) is 13.8 Å². The van der Waals surface area contributed by atoms with Gasteiger partial charge in [0.15, 0.2) is 5.13 Å². The van der Waals surface area contributed by atoms with Gasteiger partial charge in [-0.25, -0.2) is 4.98 Å². The fourth-order valence-electron chi connectivity index (χ4n) is 1.93. The van der Waals surface area contributed by atoms with Gasteiger partial charge >= 0.3 is 0 Å². The normalized spacial score (nSPS) is 24.8. The predicted molar refractivity (Wildman–Crippen MR) is 68.1 cm³/mol. The van der Waals surface area contributed by atoms with Gasteiger partial charge in [-0.15, -0.1) is 11.3 Å². The maximum atomic E-state index is 9.22. The van der Waals surface area contributed by atoms with Gasteiger partial charge in [0.25, 0.3) is 0 Å². The van der Waals surface area contributed by atoms with Gasteiger partial charge in [0, 0.05) is 18.5 Å². The summed E-state index contributed by atoms with van der Waals surface area (Å²) in [4.78, 5) is 6.56. The molecule has 1 saturated heterocycles. The van der Waals surface area contributed by atoms with Crippen molar-refractivity contribution in [3.05, 3.63) is 9.98 Å². The molecule has 1 unspecified atom stereocenters. The molecule has 1 atom stereocenters. The molecule has 1 aliphatic heterocycles. The van der Waals surface area contributed by atoms with Gasteiger partial charge in [0.1, 0.15) is 4.60 Å². The molecule has 1 N–H and O–H groups in total. The van der Waals surface area contributed by atoms with E-state index in [9.17, 15) is 5.11 Å². The second-order valence-corrected chi connectivity index (χ2v) is 6.16. The predicted octanol–water partition coefficient (Wildman–Crippen LogP) is 1.88. The third kappa shape index (κ3) is 2.74. The number of rotatable bonds is 2. The van der Waals surface area contributed by atoms with Gasteiger partial charge in [-0.05, 0) is 29.8 Å². The van der Waals surface area contributed by atoms with Crippen LogP contribution < -0.4 is 4.90 Å². The van der Waals surface area contributed by atoms with Gasteiger partial charge < -0.3 is 14.7 Å². The lowest BCUT2D eigenvalue weighted by molar-refractivity contribution is -0.101. The van der Waals surface area contributed by atoms with Crippen LogP contribution in [0.4, 0.5) is 5.13 Å². The van der Waals surface area contributed by atoms with Crippen LogP contribution in [0.15, 0.2) is 9.98 Å². The van der Waals surface area contributed by atoms with E-state index >= 15 is 0 Å². The zero-order valence-corrected chi connectivity index (χ0v) is 11.7. The minimum Gasteiger partial charge on any atom is -0.394 e. The third-order valence-corrected chi connectivity index (χ3v) is 4.03. The number of aromatic nitrogens is 1. The Morgan fingerprint density at radius 3 is 3.06 bits per heavy atom. The highest BCUT2D eigenvalue weighted by atomic mass is 79.9. The van der Waals surface area contributed by atoms with Gasteiger partial charge in [0.05, 0.1) is 18.3 Å². The molecule has 16 heavy (non-hydrogen) atoms. The SMILES string of the molecule is CC1(C)CN(c2nc(Br)cs2)CC(CO)O1. The number of anilines is 1. The van der Waals surface area contributed by atoms with Crippen molar-refractivity contribution in [2.45, 2.75) is 25.6 Å². The summed E-state index contributed by atoms with van der Waals surface area (Å²) in [5.74, 6) is 0. The molecule has 0 aromatic carbocycles. The van der Waals surface area contributed by atoms with Crippen molar-refractivity contribution in [1.29, 1.82) is 0 Å². The maximum Gasteiger partial charge on any atom is 0.186 e. The van der Waals surface area contributed by atoms with Crippen LogP contribution >= 0.6 is 27.3 Å². The van der Waals surface area contributed by atoms with Crippen LogP contribution in [-0.2, 0) is 4.74 Å². The summed E-state index contributed by atoms with van der Waals surface area (Å²) in [5, 5.41) is 12.2. The highest BCUT2D eigenvalue weighted by Crippen LogP contribution is 2.29. The molecule has 1 aliphatic rings. The molecule has 2 rings (SSSR count). The van der Waals surface area contributed by atoms with E-state index in [0.29, 0.717) is 6.54 Å². The quantitative estimate of drug-likeness (QED) is 0.906. The summed E-state index contributed by atoms with van der Waals surface area (Å²) in [6.07, 6.45) is -0.133. The van der Waals surface area contributed by atoms with Crippen LogP contribution in [0, 0.1) is 0 Å². The van der Waals surface area contributed by atoms with Crippen molar-refractivity contribution in [3.63, 3.8) is 0 Å². The number of ether oxygens (including phenoxy) is 1. The van der Waals surface area contributed by atoms with Crippen LogP contribution in [-0.4, -0.2) is 41.5 Å². The fourth-order valence-corrected chi connectivity index (χ4v) is 3.19. The number of thiazole rings is 1. The Hall–Kier alpha value is -0.170. The molecule has 4 nitrogen and oxygen atoms in total. The van der Waals surface area contributed by atoms with Crippen molar-refractivity contribution >= 4 is 32.4 Å². The standard InChI is InChI=1S/C10H15BrN2O2S/c1-10(2)6-13(3-7(4-14)15-10)9-12-8(11)5-16-9/h5,7,14H,3-4,6H2,1-2H3. The lowest BCUT2D eigenvalue weighted by Gasteiger charge is -2.42. The molecular formula is C10H15BrN2O2S. The number of morpholine rings is 1. The average Bonchev–Trinajstić information content (AvgIpc) is 2.62. The Balaban J connectivity index is 2.15. The minimum absolute atomic E-state index is 0.0481. The number of aliphatic hydroxyl groups excluding tert-OH is 1. The number of hydrogen-bond acceptors (Lipinski definition) is 5. The molecule has 6 heteroatoms. The number of aliphatic hydroxyl groups is 1. The zero-order valence-electron chi connectivity index (χ0n) is 9.31. The summed E-state index contributed by atoms with van der Waals surface area (Å²) < 4.78 is 6.61. The fraction of sp³-hybridized carbons (Fsp3) is 0.700. The van der Waals surface area contributed by atoms with Gasteiger partial charge in [-0.3, -0.25) is 0 Å². The van der Waals surface area contributed by atoms with Gasteiger partial charge in [0.2, 0.25) is 0 Å². The minimum atomic E-state index is -0.246. The summed E-state index contributed by atoms with van der Waals surface area (Å²) in [5.41, 5.74) is -0.246. The monoisotopic (exact) mass is 306 g/mol. The molecule has 0 bridgehead atoms. The molecule has 1 aromatic rings. The smallest absolute Gasteiger partial charge is 0.186 e. The van der Waals surface area contributed by atoms with Crippen molar-refractivity contribution in [1.82, 2.24) is 4.98 Å². The molecule has 0 amide bonds. The Morgan fingerprint density at radius 2 is 2.50 bits per heavy atom. The Bertz CT molecular complexity index is 369. The highest BCUT2D eigenvalue weighted by molar-refractivity contribution is 9.10. The third-order valence-electron chi connectivity index (χ3n) is 2.42. The first-order valence-electron chi connectivity index (χ1n) is 5.15. The number of hydrogen-bond donors (Lipinski definition) is 1. The average molecular weight is 307 g/mol. The van der Waals surface area contributed by atoms with E-state index in [2.05, 4.69) is 25.8 Å². The first kappa shape index (κ1) is 12.3. The maximum absolute atomic E-state index is 9.22. The van der Waals surface area contributed by atoms with E-state index in [1.165, 1.54) is 0 Å². The van der Waals surface area contributed by atoms with Crippen LogP contribution in [0.2, 0.25) is 0 Å².